The van der Waals surface area contributed by atoms with Gasteiger partial charge in [0.1, 0.15) is 0 Å². The number of nitrogens with zero attached hydrogens (tertiary/aromatic N) is 2. The van der Waals surface area contributed by atoms with Crippen LogP contribution in [0.4, 0.5) is 5.69 Å². The third-order valence-electron chi connectivity index (χ3n) is 4.67. The van der Waals surface area contributed by atoms with Crippen molar-refractivity contribution >= 4 is 35.0 Å². The van der Waals surface area contributed by atoms with Crippen LogP contribution in [0.5, 0.6) is 0 Å². The Labute approximate surface area is 145 Å². The normalized spacial score (nSPS) is 21.2. The molecule has 1 aromatic carbocycles. The second-order valence-electron chi connectivity index (χ2n) is 6.30. The van der Waals surface area contributed by atoms with Gasteiger partial charge in [-0.15, -0.1) is 0 Å². The van der Waals surface area contributed by atoms with Crippen LogP contribution in [-0.2, 0) is 9.59 Å². The highest BCUT2D eigenvalue weighted by molar-refractivity contribution is 6.31. The highest BCUT2D eigenvalue weighted by Gasteiger charge is 2.31. The lowest BCUT2D eigenvalue weighted by Crippen LogP contribution is -2.44. The summed E-state index contributed by atoms with van der Waals surface area (Å²) in [4.78, 5) is 39.7. The fourth-order valence-corrected chi connectivity index (χ4v) is 3.54. The maximum Gasteiger partial charge on any atom is 0.255 e. The van der Waals surface area contributed by atoms with Crippen molar-refractivity contribution in [1.29, 1.82) is 0 Å². The van der Waals surface area contributed by atoms with Crippen LogP contribution in [0, 0.1) is 5.92 Å². The molecular formula is C17H20ClN3O3. The van der Waals surface area contributed by atoms with Gasteiger partial charge in [-0.1, -0.05) is 11.6 Å². The van der Waals surface area contributed by atoms with E-state index in [1.807, 2.05) is 0 Å². The molecule has 7 heteroatoms. The minimum Gasteiger partial charge on any atom is -0.369 e. The van der Waals surface area contributed by atoms with Crippen molar-refractivity contribution in [2.75, 3.05) is 24.5 Å². The van der Waals surface area contributed by atoms with E-state index in [4.69, 9.17) is 17.3 Å². The SMILES string of the molecule is NC(=O)C1CCCN(C(=O)c2ccc(Cl)cc2N2CCCC2=O)C1. The first-order chi connectivity index (χ1) is 11.5. The van der Waals surface area contributed by atoms with Crippen molar-refractivity contribution < 1.29 is 14.4 Å². The molecule has 0 radical (unpaired) electrons. The third kappa shape index (κ3) is 3.24. The van der Waals surface area contributed by atoms with Crippen LogP contribution in [-0.4, -0.2) is 42.3 Å². The van der Waals surface area contributed by atoms with Crippen molar-refractivity contribution in [3.63, 3.8) is 0 Å². The number of hydrogen-bond acceptors (Lipinski definition) is 3. The monoisotopic (exact) mass is 349 g/mol. The van der Waals surface area contributed by atoms with E-state index < -0.39 is 0 Å². The summed E-state index contributed by atoms with van der Waals surface area (Å²) in [6.07, 6.45) is 2.70. The highest BCUT2D eigenvalue weighted by atomic mass is 35.5. The van der Waals surface area contributed by atoms with E-state index in [2.05, 4.69) is 0 Å². The molecule has 0 aliphatic carbocycles. The van der Waals surface area contributed by atoms with E-state index in [1.165, 1.54) is 0 Å². The molecule has 0 spiro atoms. The first-order valence-electron chi connectivity index (χ1n) is 8.16. The van der Waals surface area contributed by atoms with Gasteiger partial charge in [-0.3, -0.25) is 14.4 Å². The molecular weight excluding hydrogens is 330 g/mol. The number of anilines is 1. The number of benzene rings is 1. The first kappa shape index (κ1) is 16.8. The number of rotatable bonds is 3. The molecule has 0 saturated carbocycles. The molecule has 1 atom stereocenters. The average Bonchev–Trinajstić information content (AvgIpc) is 3.00. The number of hydrogen-bond donors (Lipinski definition) is 1. The maximum absolute atomic E-state index is 13.0. The summed E-state index contributed by atoms with van der Waals surface area (Å²) >= 11 is 6.07. The number of primary amides is 1. The van der Waals surface area contributed by atoms with Crippen molar-refractivity contribution in [2.45, 2.75) is 25.7 Å². The summed E-state index contributed by atoms with van der Waals surface area (Å²) in [6, 6.07) is 4.96. The maximum atomic E-state index is 13.0. The van der Waals surface area contributed by atoms with E-state index in [0.717, 1.165) is 12.8 Å². The smallest absolute Gasteiger partial charge is 0.255 e. The van der Waals surface area contributed by atoms with Crippen molar-refractivity contribution in [1.82, 2.24) is 4.90 Å². The van der Waals surface area contributed by atoms with Gasteiger partial charge in [0, 0.05) is 31.1 Å². The fourth-order valence-electron chi connectivity index (χ4n) is 3.38. The number of carbonyl (C=O) groups excluding carboxylic acids is 3. The van der Waals surface area contributed by atoms with Crippen LogP contribution < -0.4 is 10.6 Å². The predicted octanol–water partition coefficient (Wildman–Crippen LogP) is 1.80. The van der Waals surface area contributed by atoms with E-state index in [1.54, 1.807) is 28.0 Å². The van der Waals surface area contributed by atoms with Crippen LogP contribution in [0.1, 0.15) is 36.0 Å². The van der Waals surface area contributed by atoms with Crippen molar-refractivity contribution in [3.8, 4) is 0 Å². The van der Waals surface area contributed by atoms with Gasteiger partial charge < -0.3 is 15.5 Å². The number of amides is 3. The number of likely N-dealkylation sites (tertiary alicyclic amines) is 1. The lowest BCUT2D eigenvalue weighted by atomic mass is 9.96. The molecule has 3 amide bonds. The molecule has 2 saturated heterocycles. The zero-order valence-corrected chi connectivity index (χ0v) is 14.1. The fraction of sp³-hybridized carbons (Fsp3) is 0.471. The molecule has 24 heavy (non-hydrogen) atoms. The Kier molecular flexibility index (Phi) is 4.76. The Hall–Kier alpha value is -2.08. The minimum atomic E-state index is -0.376. The lowest BCUT2D eigenvalue weighted by molar-refractivity contribution is -0.123. The summed E-state index contributed by atoms with van der Waals surface area (Å²) in [7, 11) is 0. The number of nitrogens with two attached hydrogens (primary N) is 1. The Balaban J connectivity index is 1.89. The molecule has 1 unspecified atom stereocenters. The summed E-state index contributed by atoms with van der Waals surface area (Å²) in [5.41, 5.74) is 6.38. The molecule has 2 heterocycles. The molecule has 0 bridgehead atoms. The average molecular weight is 350 g/mol. The Morgan fingerprint density at radius 1 is 1.21 bits per heavy atom. The predicted molar refractivity (Wildman–Crippen MR) is 90.9 cm³/mol. The molecule has 0 aromatic heterocycles. The zero-order valence-electron chi connectivity index (χ0n) is 13.3. The van der Waals surface area contributed by atoms with Gasteiger partial charge in [-0.05, 0) is 37.5 Å². The van der Waals surface area contributed by atoms with Gasteiger partial charge in [-0.25, -0.2) is 0 Å². The van der Waals surface area contributed by atoms with Crippen LogP contribution in [0.25, 0.3) is 0 Å². The first-order valence-corrected chi connectivity index (χ1v) is 8.53. The molecule has 1 aromatic rings. The Morgan fingerprint density at radius 2 is 2.00 bits per heavy atom. The van der Waals surface area contributed by atoms with E-state index in [0.29, 0.717) is 48.7 Å². The minimum absolute atomic E-state index is 0.0000247. The molecule has 2 fully saturated rings. The van der Waals surface area contributed by atoms with Gasteiger partial charge in [0.05, 0.1) is 17.2 Å². The molecule has 3 rings (SSSR count). The quantitative estimate of drug-likeness (QED) is 0.903. The van der Waals surface area contributed by atoms with Gasteiger partial charge in [0.2, 0.25) is 11.8 Å². The van der Waals surface area contributed by atoms with E-state index in [-0.39, 0.29) is 23.6 Å². The van der Waals surface area contributed by atoms with Crippen molar-refractivity contribution in [3.05, 3.63) is 28.8 Å². The third-order valence-corrected chi connectivity index (χ3v) is 4.90. The summed E-state index contributed by atoms with van der Waals surface area (Å²) < 4.78 is 0. The van der Waals surface area contributed by atoms with Crippen molar-refractivity contribution in [2.24, 2.45) is 11.7 Å². The van der Waals surface area contributed by atoms with Crippen LogP contribution in [0.3, 0.4) is 0 Å². The van der Waals surface area contributed by atoms with Gasteiger partial charge >= 0.3 is 0 Å². The van der Waals surface area contributed by atoms with Crippen LogP contribution in [0.2, 0.25) is 5.02 Å². The number of halogens is 1. The molecule has 6 nitrogen and oxygen atoms in total. The van der Waals surface area contributed by atoms with Crippen LogP contribution in [0.15, 0.2) is 18.2 Å². The van der Waals surface area contributed by atoms with E-state index >= 15 is 0 Å². The molecule has 2 N–H and O–H groups in total. The number of piperidine rings is 1. The largest absolute Gasteiger partial charge is 0.369 e. The van der Waals surface area contributed by atoms with Crippen LogP contribution >= 0.6 is 11.6 Å². The number of carbonyl (C=O) groups is 3. The summed E-state index contributed by atoms with van der Waals surface area (Å²) in [6.45, 7) is 1.49. The highest BCUT2D eigenvalue weighted by Crippen LogP contribution is 2.30. The van der Waals surface area contributed by atoms with Gasteiger partial charge in [0.25, 0.3) is 5.91 Å². The standard InChI is InChI=1S/C17H20ClN3O3/c18-12-5-6-13(14(9-12)21-8-2-4-15(21)22)17(24)20-7-1-3-11(10-20)16(19)23/h5-6,9,11H,1-4,7-8,10H2,(H2,19,23). The second kappa shape index (κ2) is 6.81. The van der Waals surface area contributed by atoms with Gasteiger partial charge in [0.15, 0.2) is 0 Å². The zero-order chi connectivity index (χ0) is 17.3. The molecule has 128 valence electrons. The summed E-state index contributed by atoms with van der Waals surface area (Å²) in [5.74, 6) is -0.877. The van der Waals surface area contributed by atoms with Gasteiger partial charge in [-0.2, -0.15) is 0 Å². The summed E-state index contributed by atoms with van der Waals surface area (Å²) in [5, 5.41) is 0.481. The Bertz CT molecular complexity index is 692. The molecule has 2 aliphatic rings. The Morgan fingerprint density at radius 3 is 2.67 bits per heavy atom. The topological polar surface area (TPSA) is 83.7 Å². The molecule has 2 aliphatic heterocycles. The second-order valence-corrected chi connectivity index (χ2v) is 6.74. The lowest BCUT2D eigenvalue weighted by Gasteiger charge is -2.32. The van der Waals surface area contributed by atoms with E-state index in [9.17, 15) is 14.4 Å².